The lowest BCUT2D eigenvalue weighted by atomic mass is 9.96. The van der Waals surface area contributed by atoms with Gasteiger partial charge >= 0.3 is 0 Å². The summed E-state index contributed by atoms with van der Waals surface area (Å²) in [5.74, 6) is -1.74. The lowest BCUT2D eigenvalue weighted by Gasteiger charge is -2.42. The number of nitrogens with two attached hydrogens (primary N) is 1. The van der Waals surface area contributed by atoms with Gasteiger partial charge in [0.25, 0.3) is 0 Å². The van der Waals surface area contributed by atoms with Crippen LogP contribution in [0.2, 0.25) is 0 Å². The lowest BCUT2D eigenvalue weighted by molar-refractivity contribution is -0.203. The molecule has 0 spiro atoms. The Labute approximate surface area is 126 Å². The van der Waals surface area contributed by atoms with Gasteiger partial charge in [-0.15, -0.1) is 0 Å². The molecule has 1 rings (SSSR count). The quantitative estimate of drug-likeness (QED) is 0.292. The van der Waals surface area contributed by atoms with Gasteiger partial charge in [0.2, 0.25) is 17.7 Å². The highest BCUT2D eigenvalue weighted by molar-refractivity contribution is 5.83. The van der Waals surface area contributed by atoms with Gasteiger partial charge in [-0.2, -0.15) is 0 Å². The monoisotopic (exact) mass is 319 g/mol. The van der Waals surface area contributed by atoms with Crippen LogP contribution in [0.3, 0.4) is 0 Å². The normalized spacial score (nSPS) is 31.4. The summed E-state index contributed by atoms with van der Waals surface area (Å²) in [7, 11) is 0. The van der Waals surface area contributed by atoms with E-state index in [0.29, 0.717) is 0 Å². The number of ether oxygens (including phenoxy) is 1. The summed E-state index contributed by atoms with van der Waals surface area (Å²) in [4.78, 5) is 33.5. The molecule has 0 bridgehead atoms. The second kappa shape index (κ2) is 8.03. The number of hydrogen-bond donors (Lipinski definition) is 6. The maximum Gasteiger partial charge on any atom is 0.222 e. The van der Waals surface area contributed by atoms with Crippen molar-refractivity contribution >= 4 is 17.7 Å². The van der Waals surface area contributed by atoms with Crippen molar-refractivity contribution in [3.8, 4) is 0 Å². The molecule has 0 saturated carbocycles. The van der Waals surface area contributed by atoms with Crippen LogP contribution in [0.15, 0.2) is 0 Å². The predicted octanol–water partition coefficient (Wildman–Crippen LogP) is -3.69. The first-order valence-corrected chi connectivity index (χ1v) is 6.73. The van der Waals surface area contributed by atoms with E-state index in [1.165, 1.54) is 6.92 Å². The average molecular weight is 319 g/mol. The zero-order valence-electron chi connectivity index (χ0n) is 12.1. The van der Waals surface area contributed by atoms with Crippen LogP contribution in [0.5, 0.6) is 0 Å². The van der Waals surface area contributed by atoms with Crippen LogP contribution in [-0.4, -0.2) is 70.2 Å². The fourth-order valence-electron chi connectivity index (χ4n) is 2.10. The van der Waals surface area contributed by atoms with Gasteiger partial charge in [0.05, 0.1) is 6.61 Å². The van der Waals surface area contributed by atoms with Crippen LogP contribution in [0, 0.1) is 0 Å². The first kappa shape index (κ1) is 18.3. The van der Waals surface area contributed by atoms with Gasteiger partial charge in [-0.25, -0.2) is 0 Å². The summed E-state index contributed by atoms with van der Waals surface area (Å²) in [6, 6.07) is -1.10. The van der Waals surface area contributed by atoms with Gasteiger partial charge in [0.15, 0.2) is 6.23 Å². The lowest BCUT2D eigenvalue weighted by Crippen LogP contribution is -2.68. The number of nitrogens with one attached hydrogen (secondary N) is 2. The Hall–Kier alpha value is -1.75. The van der Waals surface area contributed by atoms with Crippen molar-refractivity contribution in [2.24, 2.45) is 5.73 Å². The molecule has 5 atom stereocenters. The second-order valence-electron chi connectivity index (χ2n) is 5.02. The van der Waals surface area contributed by atoms with Crippen molar-refractivity contribution in [3.63, 3.8) is 0 Å². The van der Waals surface area contributed by atoms with Crippen LogP contribution < -0.4 is 16.4 Å². The molecule has 1 aliphatic heterocycles. The summed E-state index contributed by atoms with van der Waals surface area (Å²) in [6.07, 6.45) is -5.53. The Kier molecular flexibility index (Phi) is 6.68. The second-order valence-corrected chi connectivity index (χ2v) is 5.02. The van der Waals surface area contributed by atoms with Crippen molar-refractivity contribution < 1.29 is 34.4 Å². The number of hydrogen-bond acceptors (Lipinski definition) is 7. The van der Waals surface area contributed by atoms with Crippen LogP contribution >= 0.6 is 0 Å². The van der Waals surface area contributed by atoms with Crippen molar-refractivity contribution in [2.45, 2.75) is 50.3 Å². The smallest absolute Gasteiger partial charge is 0.222 e. The SMILES string of the molecule is CC(=O)N[C@@H]1[C@@H](O)[C@H](O)[C@@H](CO)O[C@H]1NC(=O)CCC(N)=O. The molecule has 1 saturated heterocycles. The molecule has 3 amide bonds. The fraction of sp³-hybridized carbons (Fsp3) is 0.750. The Morgan fingerprint density at radius 3 is 2.27 bits per heavy atom. The molecule has 0 aromatic heterocycles. The topological polar surface area (TPSA) is 171 Å². The molecule has 1 aliphatic rings. The van der Waals surface area contributed by atoms with E-state index >= 15 is 0 Å². The predicted molar refractivity (Wildman–Crippen MR) is 71.9 cm³/mol. The molecule has 0 aromatic rings. The first-order valence-electron chi connectivity index (χ1n) is 6.73. The minimum absolute atomic E-state index is 0.169. The van der Waals surface area contributed by atoms with E-state index in [1.54, 1.807) is 0 Å². The Bertz CT molecular complexity index is 431. The van der Waals surface area contributed by atoms with Gasteiger partial charge in [-0.1, -0.05) is 0 Å². The minimum Gasteiger partial charge on any atom is -0.394 e. The number of carbonyl (C=O) groups excluding carboxylic acids is 3. The van der Waals surface area contributed by atoms with Crippen LogP contribution in [0.25, 0.3) is 0 Å². The number of amides is 3. The van der Waals surface area contributed by atoms with E-state index < -0.39 is 54.9 Å². The zero-order valence-corrected chi connectivity index (χ0v) is 12.1. The van der Waals surface area contributed by atoms with Crippen molar-refractivity contribution in [3.05, 3.63) is 0 Å². The molecule has 0 aromatic carbocycles. The minimum atomic E-state index is -1.45. The maximum absolute atomic E-state index is 11.7. The van der Waals surface area contributed by atoms with Crippen LogP contribution in [0.4, 0.5) is 0 Å². The zero-order chi connectivity index (χ0) is 16.9. The van der Waals surface area contributed by atoms with Gasteiger partial charge in [-0.3, -0.25) is 14.4 Å². The molecule has 7 N–H and O–H groups in total. The number of aliphatic hydroxyl groups is 3. The summed E-state index contributed by atoms with van der Waals surface area (Å²) in [6.45, 7) is 0.613. The molecule has 10 nitrogen and oxygen atoms in total. The van der Waals surface area contributed by atoms with Gasteiger partial charge in [-0.05, 0) is 0 Å². The largest absolute Gasteiger partial charge is 0.394 e. The van der Waals surface area contributed by atoms with Crippen molar-refractivity contribution in [1.82, 2.24) is 10.6 Å². The van der Waals surface area contributed by atoms with E-state index in [2.05, 4.69) is 10.6 Å². The van der Waals surface area contributed by atoms with Crippen LogP contribution in [-0.2, 0) is 19.1 Å². The number of primary amides is 1. The highest BCUT2D eigenvalue weighted by Gasteiger charge is 2.45. The number of carbonyl (C=O) groups is 3. The Morgan fingerprint density at radius 1 is 1.14 bits per heavy atom. The molecule has 0 radical (unpaired) electrons. The molecule has 0 unspecified atom stereocenters. The van der Waals surface area contributed by atoms with Crippen molar-refractivity contribution in [1.29, 1.82) is 0 Å². The third kappa shape index (κ3) is 4.91. The summed E-state index contributed by atoms with van der Waals surface area (Å²) < 4.78 is 5.29. The number of rotatable bonds is 6. The molecular formula is C12H21N3O7. The van der Waals surface area contributed by atoms with Gasteiger partial charge in [0, 0.05) is 19.8 Å². The molecule has 10 heteroatoms. The Morgan fingerprint density at radius 2 is 1.77 bits per heavy atom. The van der Waals surface area contributed by atoms with Gasteiger partial charge < -0.3 is 36.4 Å². The highest BCUT2D eigenvalue weighted by Crippen LogP contribution is 2.20. The fourth-order valence-corrected chi connectivity index (χ4v) is 2.10. The molecular weight excluding hydrogens is 298 g/mol. The molecule has 0 aliphatic carbocycles. The Balaban J connectivity index is 2.78. The van der Waals surface area contributed by atoms with Crippen molar-refractivity contribution in [2.75, 3.05) is 6.61 Å². The first-order chi connectivity index (χ1) is 10.3. The summed E-state index contributed by atoms with van der Waals surface area (Å²) in [5.41, 5.74) is 4.94. The highest BCUT2D eigenvalue weighted by atomic mass is 16.5. The summed E-state index contributed by atoms with van der Waals surface area (Å²) in [5, 5.41) is 33.7. The van der Waals surface area contributed by atoms with E-state index in [1.807, 2.05) is 0 Å². The van der Waals surface area contributed by atoms with E-state index in [0.717, 1.165) is 0 Å². The average Bonchev–Trinajstić information content (AvgIpc) is 2.44. The maximum atomic E-state index is 11.7. The number of aliphatic hydroxyl groups excluding tert-OH is 3. The van der Waals surface area contributed by atoms with E-state index in [4.69, 9.17) is 15.6 Å². The summed E-state index contributed by atoms with van der Waals surface area (Å²) >= 11 is 0. The molecule has 22 heavy (non-hydrogen) atoms. The van der Waals surface area contributed by atoms with E-state index in [-0.39, 0.29) is 12.8 Å². The third-order valence-corrected chi connectivity index (χ3v) is 3.20. The standard InChI is InChI=1S/C12H21N3O7/c1-5(17)14-9-11(21)10(20)6(4-16)22-12(9)15-8(19)3-2-7(13)18/h6,9-12,16,20-21H,2-4H2,1H3,(H2,13,18)(H,14,17)(H,15,19)/t6-,9-,10-,11-,12-/m1/s1. The molecule has 1 fully saturated rings. The molecule has 126 valence electrons. The molecule has 1 heterocycles. The van der Waals surface area contributed by atoms with Gasteiger partial charge in [0.1, 0.15) is 24.4 Å². The third-order valence-electron chi connectivity index (χ3n) is 3.20. The van der Waals surface area contributed by atoms with Crippen LogP contribution in [0.1, 0.15) is 19.8 Å². The van der Waals surface area contributed by atoms with E-state index in [9.17, 15) is 24.6 Å².